The maximum absolute atomic E-state index is 8.21. The molecule has 1 atom stereocenters. The molecular weight excluding hydrogens is 326 g/mol. The summed E-state index contributed by atoms with van der Waals surface area (Å²) < 4.78 is 10.4. The van der Waals surface area contributed by atoms with Gasteiger partial charge in [0.1, 0.15) is 7.05 Å². The highest BCUT2D eigenvalue weighted by atomic mass is 14.9. The number of fused-ring (bicyclic) bond motifs is 4. The van der Waals surface area contributed by atoms with Crippen molar-refractivity contribution in [3.63, 3.8) is 0 Å². The van der Waals surface area contributed by atoms with E-state index in [2.05, 4.69) is 55.9 Å². The number of benzene rings is 2. The van der Waals surface area contributed by atoms with Crippen LogP contribution in [0.5, 0.6) is 0 Å². The first-order valence-electron chi connectivity index (χ1n) is 11.0. The average Bonchev–Trinajstić information content (AvgIpc) is 2.71. The molecular formula is C26H30N+. The molecule has 0 N–H and O–H groups in total. The molecule has 1 heterocycles. The van der Waals surface area contributed by atoms with Crippen LogP contribution in [-0.2, 0) is 7.05 Å². The van der Waals surface area contributed by atoms with Gasteiger partial charge >= 0.3 is 0 Å². The Balaban J connectivity index is 1.65. The summed E-state index contributed by atoms with van der Waals surface area (Å²) in [6, 6.07) is 14.0. The third-order valence-electron chi connectivity index (χ3n) is 7.42. The molecule has 0 radical (unpaired) electrons. The molecule has 1 unspecified atom stereocenters. The molecule has 2 aromatic carbocycles. The Morgan fingerprint density at radius 2 is 1.81 bits per heavy atom. The quantitative estimate of drug-likeness (QED) is 0.478. The van der Waals surface area contributed by atoms with Gasteiger partial charge in [-0.2, -0.15) is 0 Å². The van der Waals surface area contributed by atoms with E-state index in [0.29, 0.717) is 6.04 Å². The van der Waals surface area contributed by atoms with Gasteiger partial charge in [0.15, 0.2) is 6.20 Å². The lowest BCUT2D eigenvalue weighted by Gasteiger charge is -2.42. The average molecular weight is 358 g/mol. The fraction of sp³-hybridized carbons (Fsp3) is 0.423. The molecule has 3 fully saturated rings. The van der Waals surface area contributed by atoms with Crippen molar-refractivity contribution in [3.8, 4) is 11.3 Å². The lowest BCUT2D eigenvalue weighted by Crippen LogP contribution is -2.31. The molecule has 3 saturated carbocycles. The summed E-state index contributed by atoms with van der Waals surface area (Å²) in [4.78, 5) is 0. The fourth-order valence-electron chi connectivity index (χ4n) is 5.67. The van der Waals surface area contributed by atoms with Crippen molar-refractivity contribution >= 4 is 10.8 Å². The van der Waals surface area contributed by atoms with Gasteiger partial charge in [0.2, 0.25) is 5.69 Å². The lowest BCUT2D eigenvalue weighted by molar-refractivity contribution is -0.659. The number of hydrogen-bond acceptors (Lipinski definition) is 0. The van der Waals surface area contributed by atoms with Crippen LogP contribution in [0.3, 0.4) is 0 Å². The summed E-state index contributed by atoms with van der Waals surface area (Å²) in [7, 11) is 2.12. The summed E-state index contributed by atoms with van der Waals surface area (Å²) in [6.07, 6.45) is 9.34. The molecule has 1 nitrogen and oxygen atoms in total. The molecule has 0 spiro atoms. The van der Waals surface area contributed by atoms with Crippen LogP contribution in [0.1, 0.15) is 56.1 Å². The minimum absolute atomic E-state index is 0.588. The maximum Gasteiger partial charge on any atom is 0.220 e. The molecule has 0 amide bonds. The summed E-state index contributed by atoms with van der Waals surface area (Å²) in [5.41, 5.74) is 6.41. The van der Waals surface area contributed by atoms with Crippen LogP contribution in [0, 0.1) is 25.7 Å². The van der Waals surface area contributed by atoms with E-state index in [1.807, 2.05) is 12.1 Å². The smallest absolute Gasteiger partial charge is 0.200 e. The first kappa shape index (κ1) is 15.9. The van der Waals surface area contributed by atoms with E-state index >= 15 is 0 Å². The minimum atomic E-state index is 0.588. The Bertz CT molecular complexity index is 1060. The summed E-state index contributed by atoms with van der Waals surface area (Å²) in [5.74, 6) is 2.61. The van der Waals surface area contributed by atoms with E-state index in [1.54, 1.807) is 5.56 Å². The Morgan fingerprint density at radius 3 is 2.56 bits per heavy atom. The van der Waals surface area contributed by atoms with Crippen LogP contribution in [-0.4, -0.2) is 0 Å². The number of nitrogens with zero attached hydrogens (tertiary/aromatic N) is 1. The predicted octanol–water partition coefficient (Wildman–Crippen LogP) is 6.24. The molecule has 3 aliphatic rings. The van der Waals surface area contributed by atoms with Gasteiger partial charge in [0.05, 0.1) is 6.76 Å². The lowest BCUT2D eigenvalue weighted by atomic mass is 9.63. The number of aromatic nitrogens is 1. The van der Waals surface area contributed by atoms with Crippen LogP contribution in [0.15, 0.2) is 48.6 Å². The molecule has 2 bridgehead atoms. The summed E-state index contributed by atoms with van der Waals surface area (Å²) in [6.45, 7) is 4.29. The van der Waals surface area contributed by atoms with Gasteiger partial charge < -0.3 is 0 Å². The fourth-order valence-corrected chi connectivity index (χ4v) is 5.67. The second kappa shape index (κ2) is 6.48. The van der Waals surface area contributed by atoms with Crippen molar-refractivity contribution in [2.45, 2.75) is 51.9 Å². The van der Waals surface area contributed by atoms with E-state index in [9.17, 15) is 0 Å². The Labute approximate surface area is 164 Å². The zero-order chi connectivity index (χ0) is 19.4. The predicted molar refractivity (Wildman–Crippen MR) is 113 cm³/mol. The largest absolute Gasteiger partial charge is 0.220 e. The van der Waals surface area contributed by atoms with E-state index in [4.69, 9.17) is 1.37 Å². The SMILES string of the molecule is [2H]c1cc(C)c(C)c(-c2c3ccc(C4CC5CCC4CC5)cc3cc[n+]2C)c1. The molecule has 138 valence electrons. The molecule has 27 heavy (non-hydrogen) atoms. The summed E-state index contributed by atoms with van der Waals surface area (Å²) >= 11 is 0. The van der Waals surface area contributed by atoms with Gasteiger partial charge in [-0.3, -0.25) is 0 Å². The molecule has 3 aliphatic carbocycles. The van der Waals surface area contributed by atoms with Crippen molar-refractivity contribution in [3.05, 3.63) is 65.3 Å². The van der Waals surface area contributed by atoms with Crippen LogP contribution in [0.2, 0.25) is 0 Å². The summed E-state index contributed by atoms with van der Waals surface area (Å²) in [5, 5.41) is 2.63. The molecule has 1 heteroatoms. The molecule has 6 rings (SSSR count). The second-order valence-corrected chi connectivity index (χ2v) is 8.92. The number of pyridine rings is 1. The molecule has 0 aliphatic heterocycles. The van der Waals surface area contributed by atoms with Gasteiger partial charge in [-0.1, -0.05) is 37.1 Å². The zero-order valence-electron chi connectivity index (χ0n) is 17.8. The third-order valence-corrected chi connectivity index (χ3v) is 7.42. The monoisotopic (exact) mass is 357 g/mol. The zero-order valence-corrected chi connectivity index (χ0v) is 16.8. The topological polar surface area (TPSA) is 3.88 Å². The van der Waals surface area contributed by atoms with E-state index in [-0.39, 0.29) is 0 Å². The van der Waals surface area contributed by atoms with Gasteiger partial charge in [0.25, 0.3) is 0 Å². The Morgan fingerprint density at radius 1 is 1.00 bits per heavy atom. The van der Waals surface area contributed by atoms with Crippen molar-refractivity contribution in [1.29, 1.82) is 0 Å². The van der Waals surface area contributed by atoms with E-state index in [1.165, 1.54) is 65.3 Å². The third kappa shape index (κ3) is 2.79. The standard InChI is InChI=1S/C26H30N/c1-17-5-4-6-23(18(17)2)26-24-12-11-21(16-22(24)13-14-27(26)3)25-15-19-7-9-20(25)10-8-19/h4-6,11-14,16,19-20,25H,7-10,15H2,1-3H3/q+1/i4D. The number of hydrogen-bond donors (Lipinski definition) is 0. The molecule has 0 saturated heterocycles. The number of rotatable bonds is 2. The van der Waals surface area contributed by atoms with Crippen LogP contribution in [0.4, 0.5) is 0 Å². The minimum Gasteiger partial charge on any atom is -0.200 e. The van der Waals surface area contributed by atoms with E-state index in [0.717, 1.165) is 17.8 Å². The van der Waals surface area contributed by atoms with Crippen molar-refractivity contribution in [2.24, 2.45) is 18.9 Å². The van der Waals surface area contributed by atoms with Gasteiger partial charge in [-0.05, 0) is 85.1 Å². The highest BCUT2D eigenvalue weighted by Gasteiger charge is 2.36. The van der Waals surface area contributed by atoms with Crippen molar-refractivity contribution in [1.82, 2.24) is 0 Å². The Hall–Kier alpha value is -2.15. The van der Waals surface area contributed by atoms with Crippen molar-refractivity contribution in [2.75, 3.05) is 0 Å². The highest BCUT2D eigenvalue weighted by Crippen LogP contribution is 2.50. The number of aryl methyl sites for hydroxylation is 2. The Kier molecular flexibility index (Phi) is 3.81. The normalized spacial score (nSPS) is 25.0. The highest BCUT2D eigenvalue weighted by molar-refractivity contribution is 5.94. The van der Waals surface area contributed by atoms with Gasteiger partial charge in [-0.15, -0.1) is 0 Å². The first-order chi connectivity index (χ1) is 13.5. The second-order valence-electron chi connectivity index (χ2n) is 8.92. The van der Waals surface area contributed by atoms with E-state index < -0.39 is 0 Å². The van der Waals surface area contributed by atoms with Gasteiger partial charge in [-0.25, -0.2) is 4.57 Å². The van der Waals surface area contributed by atoms with Crippen LogP contribution < -0.4 is 4.57 Å². The van der Waals surface area contributed by atoms with Crippen LogP contribution >= 0.6 is 0 Å². The first-order valence-corrected chi connectivity index (χ1v) is 10.5. The molecule has 3 aromatic rings. The van der Waals surface area contributed by atoms with Gasteiger partial charge in [0, 0.05) is 11.6 Å². The van der Waals surface area contributed by atoms with Crippen LogP contribution in [0.25, 0.3) is 22.0 Å². The maximum atomic E-state index is 8.21. The molecule has 1 aromatic heterocycles. The van der Waals surface area contributed by atoms with Crippen molar-refractivity contribution < 1.29 is 5.94 Å².